The predicted molar refractivity (Wildman–Crippen MR) is 85.7 cm³/mol. The number of carbonyl (C=O) groups is 3. The lowest BCUT2D eigenvalue weighted by Crippen LogP contribution is -2.14. The van der Waals surface area contributed by atoms with Gasteiger partial charge < -0.3 is 9.47 Å². The molecular formula is C19H14O5. The van der Waals surface area contributed by atoms with Gasteiger partial charge in [0.1, 0.15) is 11.5 Å². The number of hydrogen-bond acceptors (Lipinski definition) is 5. The SMILES string of the molecule is COC(=O)C(=C1OC(=O)[C@H](c2ccccc2)C1=O)c1ccccc1. The van der Waals surface area contributed by atoms with Crippen LogP contribution in [0.2, 0.25) is 0 Å². The minimum absolute atomic E-state index is 0.0464. The number of Topliss-reactive ketones (excluding diaryl/α,β-unsaturated/α-hetero) is 1. The summed E-state index contributed by atoms with van der Waals surface area (Å²) in [6.45, 7) is 0. The van der Waals surface area contributed by atoms with E-state index in [1.54, 1.807) is 60.7 Å². The lowest BCUT2D eigenvalue weighted by atomic mass is 9.93. The van der Waals surface area contributed by atoms with Crippen molar-refractivity contribution in [1.29, 1.82) is 0 Å². The maximum Gasteiger partial charge on any atom is 0.342 e. The molecule has 0 unspecified atom stereocenters. The molecule has 1 fully saturated rings. The monoisotopic (exact) mass is 322 g/mol. The largest absolute Gasteiger partial charge is 0.465 e. The molecule has 0 N–H and O–H groups in total. The molecule has 1 aliphatic heterocycles. The van der Waals surface area contributed by atoms with Crippen LogP contribution in [0.1, 0.15) is 17.0 Å². The summed E-state index contributed by atoms with van der Waals surface area (Å²) in [6, 6.07) is 17.1. The molecule has 2 aromatic rings. The summed E-state index contributed by atoms with van der Waals surface area (Å²) >= 11 is 0. The molecule has 5 nitrogen and oxygen atoms in total. The first-order valence-corrected chi connectivity index (χ1v) is 7.32. The van der Waals surface area contributed by atoms with E-state index < -0.39 is 23.6 Å². The quantitative estimate of drug-likeness (QED) is 0.493. The molecule has 2 aromatic carbocycles. The van der Waals surface area contributed by atoms with Gasteiger partial charge in [0.25, 0.3) is 0 Å². The second-order valence-corrected chi connectivity index (χ2v) is 5.19. The molecule has 0 amide bonds. The zero-order valence-electron chi connectivity index (χ0n) is 12.9. The highest BCUT2D eigenvalue weighted by Gasteiger charge is 2.44. The maximum atomic E-state index is 12.7. The number of rotatable bonds is 3. The molecular weight excluding hydrogens is 308 g/mol. The smallest absolute Gasteiger partial charge is 0.342 e. The number of allylic oxidation sites excluding steroid dienone is 1. The number of carbonyl (C=O) groups excluding carboxylic acids is 3. The number of ether oxygens (including phenoxy) is 2. The second-order valence-electron chi connectivity index (χ2n) is 5.19. The van der Waals surface area contributed by atoms with E-state index in [0.29, 0.717) is 11.1 Å². The third-order valence-corrected chi connectivity index (χ3v) is 3.74. The normalized spacial score (nSPS) is 19.0. The molecule has 5 heteroatoms. The van der Waals surface area contributed by atoms with Crippen LogP contribution in [0.5, 0.6) is 0 Å². The van der Waals surface area contributed by atoms with Gasteiger partial charge in [-0.1, -0.05) is 60.7 Å². The predicted octanol–water partition coefficient (Wildman–Crippen LogP) is 2.48. The minimum atomic E-state index is -1.07. The van der Waals surface area contributed by atoms with Crippen molar-refractivity contribution < 1.29 is 23.9 Å². The van der Waals surface area contributed by atoms with Crippen LogP contribution in [-0.4, -0.2) is 24.8 Å². The summed E-state index contributed by atoms with van der Waals surface area (Å²) in [5.41, 5.74) is 0.934. The van der Waals surface area contributed by atoms with Crippen molar-refractivity contribution >= 4 is 23.3 Å². The Morgan fingerprint density at radius 3 is 2.12 bits per heavy atom. The number of esters is 2. The molecule has 1 saturated heterocycles. The van der Waals surface area contributed by atoms with Gasteiger partial charge in [0, 0.05) is 0 Å². The van der Waals surface area contributed by atoms with Gasteiger partial charge in [-0.3, -0.25) is 9.59 Å². The summed E-state index contributed by atoms with van der Waals surface area (Å²) in [5.74, 6) is -3.31. The number of ketones is 1. The Morgan fingerprint density at radius 1 is 0.958 bits per heavy atom. The maximum absolute atomic E-state index is 12.7. The minimum Gasteiger partial charge on any atom is -0.465 e. The van der Waals surface area contributed by atoms with Gasteiger partial charge in [0.05, 0.1) is 7.11 Å². The first-order valence-electron chi connectivity index (χ1n) is 7.32. The third-order valence-electron chi connectivity index (χ3n) is 3.74. The molecule has 3 rings (SSSR count). The van der Waals surface area contributed by atoms with Crippen molar-refractivity contribution in [2.75, 3.05) is 7.11 Å². The van der Waals surface area contributed by atoms with Gasteiger partial charge in [-0.15, -0.1) is 0 Å². The summed E-state index contributed by atoms with van der Waals surface area (Å²) in [6.07, 6.45) is 0. The summed E-state index contributed by atoms with van der Waals surface area (Å²) in [4.78, 5) is 37.1. The molecule has 1 atom stereocenters. The topological polar surface area (TPSA) is 69.7 Å². The van der Waals surface area contributed by atoms with Crippen molar-refractivity contribution in [1.82, 2.24) is 0 Å². The number of cyclic esters (lactones) is 1. The fourth-order valence-electron chi connectivity index (χ4n) is 2.60. The van der Waals surface area contributed by atoms with Crippen molar-refractivity contribution in [3.05, 3.63) is 77.5 Å². The van der Waals surface area contributed by atoms with Crippen LogP contribution < -0.4 is 0 Å². The van der Waals surface area contributed by atoms with Crippen molar-refractivity contribution in [2.45, 2.75) is 5.92 Å². The fraction of sp³-hybridized carbons (Fsp3) is 0.105. The second kappa shape index (κ2) is 6.50. The van der Waals surface area contributed by atoms with E-state index in [9.17, 15) is 14.4 Å². The number of methoxy groups -OCH3 is 1. The van der Waals surface area contributed by atoms with Gasteiger partial charge in [0.15, 0.2) is 5.76 Å². The number of benzene rings is 2. The van der Waals surface area contributed by atoms with Gasteiger partial charge in [-0.05, 0) is 11.1 Å². The molecule has 0 saturated carbocycles. The molecule has 1 aliphatic rings. The van der Waals surface area contributed by atoms with Gasteiger partial charge in [-0.25, -0.2) is 4.79 Å². The molecule has 0 bridgehead atoms. The molecule has 0 aromatic heterocycles. The first-order chi connectivity index (χ1) is 11.6. The first kappa shape index (κ1) is 15.7. The highest BCUT2D eigenvalue weighted by Crippen LogP contribution is 2.34. The lowest BCUT2D eigenvalue weighted by Gasteiger charge is -2.07. The fourth-order valence-corrected chi connectivity index (χ4v) is 2.60. The standard InChI is InChI=1S/C19H14O5/c1-23-18(21)15(13-10-6-3-7-11-13)17-16(20)14(19(22)24-17)12-8-4-2-5-9-12/h2-11,14H,1H3/t14-/m1/s1. The highest BCUT2D eigenvalue weighted by atomic mass is 16.6. The Hall–Kier alpha value is -3.21. The van der Waals surface area contributed by atoms with Crippen molar-refractivity contribution in [3.8, 4) is 0 Å². The van der Waals surface area contributed by atoms with Gasteiger partial charge >= 0.3 is 11.9 Å². The zero-order valence-corrected chi connectivity index (χ0v) is 12.9. The van der Waals surface area contributed by atoms with E-state index in [1.165, 1.54) is 7.11 Å². The van der Waals surface area contributed by atoms with Crippen LogP contribution in [0.3, 0.4) is 0 Å². The van der Waals surface area contributed by atoms with Crippen LogP contribution in [0.25, 0.3) is 5.57 Å². The Bertz CT molecular complexity index is 821. The van der Waals surface area contributed by atoms with E-state index in [4.69, 9.17) is 9.47 Å². The Balaban J connectivity index is 2.12. The number of hydrogen-bond donors (Lipinski definition) is 0. The van der Waals surface area contributed by atoms with Crippen LogP contribution in [0, 0.1) is 0 Å². The van der Waals surface area contributed by atoms with Crippen LogP contribution in [0.15, 0.2) is 66.4 Å². The van der Waals surface area contributed by atoms with Crippen molar-refractivity contribution in [3.63, 3.8) is 0 Å². The summed E-state index contributed by atoms with van der Waals surface area (Å²) in [5, 5.41) is 0. The molecule has 0 spiro atoms. The molecule has 0 aliphatic carbocycles. The zero-order chi connectivity index (χ0) is 17.1. The molecule has 120 valence electrons. The lowest BCUT2D eigenvalue weighted by molar-refractivity contribution is -0.137. The highest BCUT2D eigenvalue weighted by molar-refractivity contribution is 6.29. The third kappa shape index (κ3) is 2.72. The Kier molecular flexibility index (Phi) is 4.24. The molecule has 0 radical (unpaired) electrons. The Morgan fingerprint density at radius 2 is 1.54 bits per heavy atom. The van der Waals surface area contributed by atoms with E-state index in [0.717, 1.165) is 0 Å². The van der Waals surface area contributed by atoms with E-state index in [2.05, 4.69) is 0 Å². The molecule has 24 heavy (non-hydrogen) atoms. The Labute approximate surface area is 138 Å². The van der Waals surface area contributed by atoms with E-state index >= 15 is 0 Å². The van der Waals surface area contributed by atoms with Gasteiger partial charge in [-0.2, -0.15) is 0 Å². The van der Waals surface area contributed by atoms with Gasteiger partial charge in [0.2, 0.25) is 5.78 Å². The summed E-state index contributed by atoms with van der Waals surface area (Å²) < 4.78 is 9.93. The van der Waals surface area contributed by atoms with Crippen LogP contribution >= 0.6 is 0 Å². The van der Waals surface area contributed by atoms with Crippen LogP contribution in [0.4, 0.5) is 0 Å². The van der Waals surface area contributed by atoms with E-state index in [-0.39, 0.29) is 11.3 Å². The van der Waals surface area contributed by atoms with Crippen LogP contribution in [-0.2, 0) is 23.9 Å². The molecule has 1 heterocycles. The van der Waals surface area contributed by atoms with Crippen molar-refractivity contribution in [2.24, 2.45) is 0 Å². The average Bonchev–Trinajstić information content (AvgIpc) is 2.91. The average molecular weight is 322 g/mol. The van der Waals surface area contributed by atoms with E-state index in [1.807, 2.05) is 0 Å². The summed E-state index contributed by atoms with van der Waals surface area (Å²) in [7, 11) is 1.21.